The second-order valence-corrected chi connectivity index (χ2v) is 16.3. The van der Waals surface area contributed by atoms with Crippen LogP contribution in [0.25, 0.3) is 0 Å². The molecule has 6 rings (SSSR count). The van der Waals surface area contributed by atoms with Gasteiger partial charge >= 0.3 is 0 Å². The van der Waals surface area contributed by atoms with E-state index in [-0.39, 0.29) is 44.8 Å². The van der Waals surface area contributed by atoms with Crippen molar-refractivity contribution in [3.63, 3.8) is 0 Å². The lowest BCUT2D eigenvalue weighted by atomic mass is 9.58. The van der Waals surface area contributed by atoms with Crippen molar-refractivity contribution in [1.29, 1.82) is 0 Å². The molecule has 0 saturated carbocycles. The van der Waals surface area contributed by atoms with Crippen LogP contribution in [0.1, 0.15) is 107 Å². The summed E-state index contributed by atoms with van der Waals surface area (Å²) in [7, 11) is 0. The van der Waals surface area contributed by atoms with E-state index in [1.165, 1.54) is 0 Å². The largest absolute Gasteiger partial charge is 0.465 e. The van der Waals surface area contributed by atoms with Crippen LogP contribution >= 0.6 is 0 Å². The molecule has 2 aliphatic heterocycles. The SMILES string of the molecule is CC1(C)CC(=O)C2=C(C1)OC1=C(C(=O)CC(C)(C)C1)C2C1C2=C(CC(C)(C)CC2=O)OC2=C1C(=O)CC(C)(C)C2. The molecule has 0 aromatic rings. The highest BCUT2D eigenvalue weighted by Crippen LogP contribution is 2.59. The first kappa shape index (κ1) is 27.4. The molecular weight excluding hydrogens is 504 g/mol. The number of carbonyl (C=O) groups excluding carboxylic acids is 4. The van der Waals surface area contributed by atoms with Crippen molar-refractivity contribution in [3.8, 4) is 0 Å². The number of hydrogen-bond acceptors (Lipinski definition) is 6. The average molecular weight is 547 g/mol. The van der Waals surface area contributed by atoms with Crippen LogP contribution in [0.15, 0.2) is 45.3 Å². The summed E-state index contributed by atoms with van der Waals surface area (Å²) in [6.45, 7) is 16.5. The first-order chi connectivity index (χ1) is 18.4. The molecule has 0 N–H and O–H groups in total. The van der Waals surface area contributed by atoms with Crippen molar-refractivity contribution in [2.24, 2.45) is 33.5 Å². The van der Waals surface area contributed by atoms with E-state index in [1.807, 2.05) is 0 Å². The van der Waals surface area contributed by atoms with E-state index in [0.717, 1.165) is 0 Å². The first-order valence-corrected chi connectivity index (χ1v) is 14.8. The average Bonchev–Trinajstić information content (AvgIpc) is 2.72. The van der Waals surface area contributed by atoms with Gasteiger partial charge < -0.3 is 9.47 Å². The fourth-order valence-electron chi connectivity index (χ4n) is 8.12. The molecule has 6 heteroatoms. The molecule has 6 aliphatic rings. The van der Waals surface area contributed by atoms with Crippen molar-refractivity contribution in [3.05, 3.63) is 45.3 Å². The zero-order valence-corrected chi connectivity index (χ0v) is 25.3. The van der Waals surface area contributed by atoms with Gasteiger partial charge in [-0.05, 0) is 21.7 Å². The van der Waals surface area contributed by atoms with Gasteiger partial charge in [0.05, 0.1) is 0 Å². The molecule has 0 bridgehead atoms. The van der Waals surface area contributed by atoms with Gasteiger partial charge in [-0.3, -0.25) is 19.2 Å². The summed E-state index contributed by atoms with van der Waals surface area (Å²) in [5.74, 6) is 0.813. The predicted molar refractivity (Wildman–Crippen MR) is 149 cm³/mol. The van der Waals surface area contributed by atoms with Gasteiger partial charge in [0, 0.05) is 85.5 Å². The molecule has 0 aromatic carbocycles. The molecule has 6 nitrogen and oxygen atoms in total. The maximum atomic E-state index is 14.0. The van der Waals surface area contributed by atoms with Crippen LogP contribution in [0.4, 0.5) is 0 Å². The number of carbonyl (C=O) groups is 4. The highest BCUT2D eigenvalue weighted by Gasteiger charge is 2.56. The van der Waals surface area contributed by atoms with Gasteiger partial charge in [0.25, 0.3) is 0 Å². The fourth-order valence-corrected chi connectivity index (χ4v) is 8.12. The molecule has 4 aliphatic carbocycles. The lowest BCUT2D eigenvalue weighted by Gasteiger charge is -2.48. The Labute approximate surface area is 237 Å². The highest BCUT2D eigenvalue weighted by molar-refractivity contribution is 6.09. The molecule has 0 spiro atoms. The summed E-state index contributed by atoms with van der Waals surface area (Å²) < 4.78 is 13.0. The van der Waals surface area contributed by atoms with Crippen molar-refractivity contribution in [1.82, 2.24) is 0 Å². The van der Waals surface area contributed by atoms with Gasteiger partial charge in [0.1, 0.15) is 23.0 Å². The Morgan fingerprint density at radius 2 is 0.600 bits per heavy atom. The number of ketones is 4. The first-order valence-electron chi connectivity index (χ1n) is 14.8. The lowest BCUT2D eigenvalue weighted by molar-refractivity contribution is -0.125. The quantitative estimate of drug-likeness (QED) is 0.357. The molecule has 0 unspecified atom stereocenters. The number of Topliss-reactive ketones (excluding diaryl/α,β-unsaturated/α-hetero) is 4. The zero-order chi connectivity index (χ0) is 29.2. The second kappa shape index (κ2) is 8.39. The third-order valence-electron chi connectivity index (χ3n) is 9.59. The Morgan fingerprint density at radius 1 is 0.400 bits per heavy atom. The predicted octanol–water partition coefficient (Wildman–Crippen LogP) is 6.85. The van der Waals surface area contributed by atoms with Gasteiger partial charge in [-0.1, -0.05) is 55.4 Å². The third kappa shape index (κ3) is 4.37. The minimum atomic E-state index is -0.708. The molecule has 0 fully saturated rings. The second-order valence-electron chi connectivity index (χ2n) is 16.3. The Kier molecular flexibility index (Phi) is 5.75. The molecule has 214 valence electrons. The standard InChI is InChI=1S/C34H42O6/c1-31(2)9-17(35)25-21(13-31)39-22-14-32(3,4)10-18(36)26(22)29(25)30-27-19(37)11-33(5,6)15-23(27)40-24-16-34(7,8)12-20(38)28(24)30/h29-30H,9-16H2,1-8H3. The van der Waals surface area contributed by atoms with Crippen LogP contribution in [-0.4, -0.2) is 23.1 Å². The van der Waals surface area contributed by atoms with E-state index in [9.17, 15) is 19.2 Å². The molecule has 0 saturated heterocycles. The molecule has 0 aromatic heterocycles. The fraction of sp³-hybridized carbons (Fsp3) is 0.647. The number of allylic oxidation sites excluding steroid dienone is 8. The van der Waals surface area contributed by atoms with Crippen LogP contribution in [0.3, 0.4) is 0 Å². The summed E-state index contributed by atoms with van der Waals surface area (Å²) in [5, 5.41) is 0. The maximum absolute atomic E-state index is 14.0. The van der Waals surface area contributed by atoms with Crippen molar-refractivity contribution >= 4 is 23.1 Å². The molecule has 40 heavy (non-hydrogen) atoms. The van der Waals surface area contributed by atoms with Crippen molar-refractivity contribution in [2.75, 3.05) is 0 Å². The summed E-state index contributed by atoms with van der Waals surface area (Å²) >= 11 is 0. The van der Waals surface area contributed by atoms with E-state index < -0.39 is 11.8 Å². The molecular formula is C34H42O6. The van der Waals surface area contributed by atoms with Gasteiger partial charge in [-0.15, -0.1) is 0 Å². The van der Waals surface area contributed by atoms with E-state index >= 15 is 0 Å². The van der Waals surface area contributed by atoms with Crippen molar-refractivity contribution < 1.29 is 28.7 Å². The number of ether oxygens (including phenoxy) is 2. The van der Waals surface area contributed by atoms with E-state index in [1.54, 1.807) is 0 Å². The Hall–Kier alpha value is -2.76. The molecule has 0 radical (unpaired) electrons. The van der Waals surface area contributed by atoms with Gasteiger partial charge in [0.15, 0.2) is 23.1 Å². The van der Waals surface area contributed by atoms with Crippen LogP contribution in [0.2, 0.25) is 0 Å². The van der Waals surface area contributed by atoms with Gasteiger partial charge in [-0.25, -0.2) is 0 Å². The van der Waals surface area contributed by atoms with E-state index in [0.29, 0.717) is 96.7 Å². The minimum absolute atomic E-state index is 0.0524. The maximum Gasteiger partial charge on any atom is 0.163 e. The summed E-state index contributed by atoms with van der Waals surface area (Å²) in [6.07, 6.45) is 3.59. The van der Waals surface area contributed by atoms with Gasteiger partial charge in [-0.2, -0.15) is 0 Å². The molecule has 2 heterocycles. The van der Waals surface area contributed by atoms with Gasteiger partial charge in [0.2, 0.25) is 0 Å². The van der Waals surface area contributed by atoms with E-state index in [4.69, 9.17) is 9.47 Å². The summed E-state index contributed by atoms with van der Waals surface area (Å²) in [4.78, 5) is 56.0. The highest BCUT2D eigenvalue weighted by atomic mass is 16.5. The monoisotopic (exact) mass is 546 g/mol. The molecule has 0 atom stereocenters. The Balaban J connectivity index is 1.64. The van der Waals surface area contributed by atoms with Crippen LogP contribution < -0.4 is 0 Å². The topological polar surface area (TPSA) is 86.7 Å². The number of rotatable bonds is 1. The minimum Gasteiger partial charge on any atom is -0.465 e. The Morgan fingerprint density at radius 3 is 0.800 bits per heavy atom. The van der Waals surface area contributed by atoms with Crippen LogP contribution in [0, 0.1) is 33.5 Å². The third-order valence-corrected chi connectivity index (χ3v) is 9.59. The molecule has 0 amide bonds. The summed E-state index contributed by atoms with van der Waals surface area (Å²) in [6, 6.07) is 0. The van der Waals surface area contributed by atoms with E-state index in [2.05, 4.69) is 55.4 Å². The lowest BCUT2D eigenvalue weighted by Crippen LogP contribution is -2.46. The van der Waals surface area contributed by atoms with Crippen LogP contribution in [-0.2, 0) is 28.7 Å². The summed E-state index contributed by atoms with van der Waals surface area (Å²) in [5.41, 5.74) is 0.830. The van der Waals surface area contributed by atoms with Crippen molar-refractivity contribution in [2.45, 2.75) is 107 Å². The number of hydrogen-bond donors (Lipinski definition) is 0. The smallest absolute Gasteiger partial charge is 0.163 e. The Bertz CT molecular complexity index is 1210. The zero-order valence-electron chi connectivity index (χ0n) is 25.3. The van der Waals surface area contributed by atoms with Crippen LogP contribution in [0.5, 0.6) is 0 Å². The normalized spacial score (nSPS) is 29.5.